The first-order valence-electron chi connectivity index (χ1n) is 5.10. The second kappa shape index (κ2) is 5.01. The van der Waals surface area contributed by atoms with Gasteiger partial charge in [0.1, 0.15) is 5.82 Å². The summed E-state index contributed by atoms with van der Waals surface area (Å²) in [6, 6.07) is 0. The van der Waals surface area contributed by atoms with E-state index in [1.807, 2.05) is 0 Å². The van der Waals surface area contributed by atoms with Crippen LogP contribution in [0.15, 0.2) is 9.59 Å². The van der Waals surface area contributed by atoms with Crippen LogP contribution in [0.1, 0.15) is 12.0 Å². The summed E-state index contributed by atoms with van der Waals surface area (Å²) in [6.07, 6.45) is 1.65. The molecule has 2 heterocycles. The molecular formula is C9H13N3O2S2. The standard InChI is InChI=1S/C9H13N3O2S2/c13-8-6-2-1-3-10-7(6)11-9(14)12(8)4-5-16-15/h10,15H,1-5H2,(H,11,14). The highest BCUT2D eigenvalue weighted by molar-refractivity contribution is 8.68. The molecule has 7 heteroatoms. The quantitative estimate of drug-likeness (QED) is 0.545. The first-order valence-corrected chi connectivity index (χ1v) is 7.14. The molecule has 0 aliphatic carbocycles. The van der Waals surface area contributed by atoms with Crippen LogP contribution in [0, 0.1) is 0 Å². The van der Waals surface area contributed by atoms with E-state index < -0.39 is 0 Å². The summed E-state index contributed by atoms with van der Waals surface area (Å²) in [5.74, 6) is 1.23. The molecule has 0 saturated carbocycles. The minimum absolute atomic E-state index is 0.173. The third-order valence-electron chi connectivity index (χ3n) is 2.59. The number of fused-ring (bicyclic) bond motifs is 1. The maximum atomic E-state index is 12.0. The van der Waals surface area contributed by atoms with E-state index in [0.717, 1.165) is 19.4 Å². The van der Waals surface area contributed by atoms with Crippen LogP contribution in [0.2, 0.25) is 0 Å². The monoisotopic (exact) mass is 259 g/mol. The summed E-state index contributed by atoms with van der Waals surface area (Å²) in [6.45, 7) is 1.20. The predicted octanol–water partition coefficient (Wildman–Crippen LogP) is 0.473. The van der Waals surface area contributed by atoms with E-state index >= 15 is 0 Å². The van der Waals surface area contributed by atoms with Crippen molar-refractivity contribution in [1.29, 1.82) is 0 Å². The zero-order chi connectivity index (χ0) is 11.5. The predicted molar refractivity (Wildman–Crippen MR) is 69.6 cm³/mol. The summed E-state index contributed by atoms with van der Waals surface area (Å²) in [4.78, 5) is 26.4. The van der Waals surface area contributed by atoms with Crippen molar-refractivity contribution in [1.82, 2.24) is 9.55 Å². The van der Waals surface area contributed by atoms with Gasteiger partial charge in [0, 0.05) is 18.8 Å². The van der Waals surface area contributed by atoms with Gasteiger partial charge in [-0.2, -0.15) is 0 Å². The summed E-state index contributed by atoms with van der Waals surface area (Å²) in [7, 11) is 1.32. The van der Waals surface area contributed by atoms with Crippen LogP contribution in [-0.2, 0) is 13.0 Å². The number of hydrogen-bond donors (Lipinski definition) is 3. The topological polar surface area (TPSA) is 66.9 Å². The molecular weight excluding hydrogens is 246 g/mol. The summed E-state index contributed by atoms with van der Waals surface area (Å²) < 4.78 is 1.25. The van der Waals surface area contributed by atoms with Gasteiger partial charge < -0.3 is 5.32 Å². The Hall–Kier alpha value is -0.820. The molecule has 0 spiro atoms. The molecule has 2 N–H and O–H groups in total. The smallest absolute Gasteiger partial charge is 0.329 e. The minimum atomic E-state index is -0.347. The lowest BCUT2D eigenvalue weighted by molar-refractivity contribution is 0.654. The minimum Gasteiger partial charge on any atom is -0.371 e. The van der Waals surface area contributed by atoms with Gasteiger partial charge in [-0.05, 0) is 12.8 Å². The molecule has 0 unspecified atom stereocenters. The van der Waals surface area contributed by atoms with Crippen molar-refractivity contribution in [2.75, 3.05) is 17.6 Å². The van der Waals surface area contributed by atoms with E-state index in [9.17, 15) is 9.59 Å². The lowest BCUT2D eigenvalue weighted by Gasteiger charge is -2.17. The van der Waals surface area contributed by atoms with Crippen molar-refractivity contribution in [3.05, 3.63) is 26.4 Å². The van der Waals surface area contributed by atoms with Crippen molar-refractivity contribution in [2.24, 2.45) is 0 Å². The number of aromatic amines is 1. The number of anilines is 1. The van der Waals surface area contributed by atoms with E-state index in [1.54, 1.807) is 0 Å². The Kier molecular flexibility index (Phi) is 3.65. The highest BCUT2D eigenvalue weighted by Gasteiger charge is 2.16. The largest absolute Gasteiger partial charge is 0.371 e. The lowest BCUT2D eigenvalue weighted by Crippen LogP contribution is -2.40. The van der Waals surface area contributed by atoms with Crippen LogP contribution >= 0.6 is 22.5 Å². The van der Waals surface area contributed by atoms with Gasteiger partial charge in [0.05, 0.1) is 5.56 Å². The van der Waals surface area contributed by atoms with E-state index in [-0.39, 0.29) is 11.2 Å². The molecule has 88 valence electrons. The van der Waals surface area contributed by atoms with Gasteiger partial charge in [-0.25, -0.2) is 4.79 Å². The van der Waals surface area contributed by atoms with Crippen LogP contribution in [-0.4, -0.2) is 21.8 Å². The molecule has 16 heavy (non-hydrogen) atoms. The number of H-pyrrole nitrogens is 1. The van der Waals surface area contributed by atoms with Crippen molar-refractivity contribution in [3.8, 4) is 0 Å². The van der Waals surface area contributed by atoms with Crippen LogP contribution in [0.3, 0.4) is 0 Å². The number of nitrogens with one attached hydrogen (secondary N) is 2. The fourth-order valence-electron chi connectivity index (χ4n) is 1.81. The Balaban J connectivity index is 2.46. The average Bonchev–Trinajstić information content (AvgIpc) is 2.29. The van der Waals surface area contributed by atoms with Gasteiger partial charge >= 0.3 is 5.69 Å². The highest BCUT2D eigenvalue weighted by Crippen LogP contribution is 2.13. The Morgan fingerprint density at radius 1 is 1.44 bits per heavy atom. The zero-order valence-electron chi connectivity index (χ0n) is 8.65. The molecule has 0 radical (unpaired) electrons. The van der Waals surface area contributed by atoms with Gasteiger partial charge in [0.2, 0.25) is 0 Å². The number of rotatable bonds is 3. The molecule has 5 nitrogen and oxygen atoms in total. The Morgan fingerprint density at radius 2 is 2.25 bits per heavy atom. The maximum absolute atomic E-state index is 12.0. The Bertz CT molecular complexity index is 495. The van der Waals surface area contributed by atoms with Gasteiger partial charge in [-0.3, -0.25) is 14.3 Å². The molecule has 1 aliphatic heterocycles. The second-order valence-corrected chi connectivity index (χ2v) is 5.05. The van der Waals surface area contributed by atoms with E-state index in [4.69, 9.17) is 0 Å². The normalized spacial score (nSPS) is 14.3. The van der Waals surface area contributed by atoms with Crippen LogP contribution < -0.4 is 16.6 Å². The van der Waals surface area contributed by atoms with E-state index in [1.165, 1.54) is 15.4 Å². The molecule has 0 atom stereocenters. The average molecular weight is 259 g/mol. The van der Waals surface area contributed by atoms with E-state index in [2.05, 4.69) is 22.0 Å². The number of hydrogen-bond acceptors (Lipinski definition) is 5. The molecule has 0 bridgehead atoms. The molecule has 2 rings (SSSR count). The number of aromatic nitrogens is 2. The number of nitrogens with zero attached hydrogens (tertiary/aromatic N) is 1. The fourth-order valence-corrected chi connectivity index (χ4v) is 2.32. The molecule has 0 fully saturated rings. The first kappa shape index (κ1) is 11.7. The summed E-state index contributed by atoms with van der Waals surface area (Å²) in [5.41, 5.74) is 0.170. The van der Waals surface area contributed by atoms with Gasteiger partial charge in [0.15, 0.2) is 0 Å². The summed E-state index contributed by atoms with van der Waals surface area (Å²) >= 11 is 3.99. The first-order chi connectivity index (χ1) is 7.74. The van der Waals surface area contributed by atoms with Gasteiger partial charge in [-0.15, -0.1) is 11.7 Å². The van der Waals surface area contributed by atoms with Gasteiger partial charge in [0.25, 0.3) is 5.56 Å². The van der Waals surface area contributed by atoms with Crippen LogP contribution in [0.5, 0.6) is 0 Å². The van der Waals surface area contributed by atoms with Gasteiger partial charge in [-0.1, -0.05) is 10.8 Å². The van der Waals surface area contributed by atoms with Crippen LogP contribution in [0.25, 0.3) is 0 Å². The molecule has 0 saturated heterocycles. The third kappa shape index (κ3) is 2.15. The number of thiol groups is 1. The summed E-state index contributed by atoms with van der Waals surface area (Å²) in [5, 5.41) is 3.04. The van der Waals surface area contributed by atoms with Crippen LogP contribution in [0.4, 0.5) is 5.82 Å². The second-order valence-electron chi connectivity index (χ2n) is 3.60. The molecule has 1 aromatic heterocycles. The van der Waals surface area contributed by atoms with Crippen molar-refractivity contribution in [3.63, 3.8) is 0 Å². The molecule has 1 aromatic rings. The van der Waals surface area contributed by atoms with E-state index in [0.29, 0.717) is 23.7 Å². The molecule has 0 amide bonds. The van der Waals surface area contributed by atoms with Crippen molar-refractivity contribution >= 4 is 28.3 Å². The third-order valence-corrected chi connectivity index (χ3v) is 3.51. The lowest BCUT2D eigenvalue weighted by atomic mass is 10.1. The molecule has 1 aliphatic rings. The van der Waals surface area contributed by atoms with Crippen molar-refractivity contribution in [2.45, 2.75) is 19.4 Å². The van der Waals surface area contributed by atoms with Crippen molar-refractivity contribution < 1.29 is 0 Å². The Morgan fingerprint density at radius 3 is 3.00 bits per heavy atom. The SMILES string of the molecule is O=c1[nH]c2c(c(=O)n1CCSS)CCCN2. The zero-order valence-corrected chi connectivity index (χ0v) is 10.4. The highest BCUT2D eigenvalue weighted by atomic mass is 33.1. The Labute approximate surface area is 101 Å². The fraction of sp³-hybridized carbons (Fsp3) is 0.556. The maximum Gasteiger partial charge on any atom is 0.329 e. The molecule has 0 aromatic carbocycles.